The summed E-state index contributed by atoms with van der Waals surface area (Å²) in [6.07, 6.45) is 14.1. The molecule has 1 fully saturated rings. The van der Waals surface area contributed by atoms with Crippen molar-refractivity contribution in [2.75, 3.05) is 6.54 Å². The van der Waals surface area contributed by atoms with Gasteiger partial charge in [0.25, 0.3) is 0 Å². The first-order valence-electron chi connectivity index (χ1n) is 14.6. The van der Waals surface area contributed by atoms with Crippen LogP contribution in [-0.2, 0) is 4.79 Å². The third-order valence-electron chi connectivity index (χ3n) is 7.74. The number of aliphatic imine (C=N–C) groups is 1. The maximum atomic E-state index is 13.5. The van der Waals surface area contributed by atoms with Gasteiger partial charge in [0.05, 0.1) is 0 Å². The maximum absolute atomic E-state index is 13.5. The Hall–Kier alpha value is -2.77. The lowest BCUT2D eigenvalue weighted by molar-refractivity contribution is -0.113. The number of carbonyl (C=O) groups excluding carboxylic acids is 1. The molecule has 1 aliphatic rings. The highest BCUT2D eigenvalue weighted by molar-refractivity contribution is 6.46. The molecule has 6 N–H and O–H groups in total. The normalized spacial score (nSPS) is 21.4. The molecule has 0 bridgehead atoms. The van der Waals surface area contributed by atoms with Gasteiger partial charge in [-0.25, -0.2) is 11.4 Å². The fourth-order valence-electron chi connectivity index (χ4n) is 5.25. The Kier molecular flexibility index (Phi) is 13.1. The number of aryl methyl sites for hydroxylation is 1. The van der Waals surface area contributed by atoms with Gasteiger partial charge in [-0.2, -0.15) is 5.10 Å². The van der Waals surface area contributed by atoms with Crippen LogP contribution in [0.15, 0.2) is 58.2 Å². The summed E-state index contributed by atoms with van der Waals surface area (Å²) in [5.41, 5.74) is 11.7. The van der Waals surface area contributed by atoms with Crippen LogP contribution < -0.4 is 22.4 Å². The van der Waals surface area contributed by atoms with Crippen molar-refractivity contribution in [3.8, 4) is 0 Å². The number of benzene rings is 1. The van der Waals surface area contributed by atoms with Gasteiger partial charge in [-0.15, -0.1) is 0 Å². The van der Waals surface area contributed by atoms with Crippen molar-refractivity contribution < 1.29 is 4.79 Å². The third-order valence-corrected chi connectivity index (χ3v) is 7.74. The van der Waals surface area contributed by atoms with Crippen molar-refractivity contribution in [1.29, 1.82) is 0 Å². The molecule has 0 aromatic heterocycles. The summed E-state index contributed by atoms with van der Waals surface area (Å²) >= 11 is 0. The number of nitrogens with two attached hydrogens (primary N) is 2. The first-order valence-corrected chi connectivity index (χ1v) is 14.6. The number of hydrogen-bond acceptors (Lipinski definition) is 6. The molecule has 0 aliphatic heterocycles. The third kappa shape index (κ3) is 10.7. The van der Waals surface area contributed by atoms with Gasteiger partial charge in [0.2, 0.25) is 0 Å². The van der Waals surface area contributed by atoms with Crippen LogP contribution in [0, 0.1) is 18.3 Å². The minimum atomic E-state index is -0.441. The summed E-state index contributed by atoms with van der Waals surface area (Å²) < 4.78 is 0. The minimum Gasteiger partial charge on any atom is -0.385 e. The van der Waals surface area contributed by atoms with E-state index in [0.717, 1.165) is 68.2 Å². The number of allylic oxidation sites excluding steroid dienone is 2. The van der Waals surface area contributed by atoms with Crippen molar-refractivity contribution in [3.63, 3.8) is 0 Å². The number of rotatable bonds is 14. The SMILES string of the molecule is C/C=C(\C=C/CCNC1(/N=C(\C(=O)CCCC)c2cccc(C)c2)CCC(C(C)(C)C)CC1)C/C(N)=N/NN. The number of hydrazone groups is 1. The van der Waals surface area contributed by atoms with Gasteiger partial charge in [0.1, 0.15) is 17.2 Å². The standard InChI is InChI=1S/C32H52N6O/c1-7-9-16-28(39)30(26-15-12-13-24(3)22-26)36-32(19-17-27(18-20-32)31(4,5)6)35-21-11-10-14-25(8-2)23-29(33)37-38-34/h8,10,12-15,22,27,35,38H,7,9,11,16-21,23,34H2,1-6H3,(H2,33,37)/b14-10-,25-8+,36-30-. The lowest BCUT2D eigenvalue weighted by atomic mass is 9.69. The molecule has 1 aromatic carbocycles. The number of hydrazine groups is 1. The number of ketones is 1. The first kappa shape index (κ1) is 32.4. The van der Waals surface area contributed by atoms with E-state index in [9.17, 15) is 4.79 Å². The van der Waals surface area contributed by atoms with E-state index in [1.807, 2.05) is 25.1 Å². The molecule has 216 valence electrons. The number of carbonyl (C=O) groups is 1. The van der Waals surface area contributed by atoms with Crippen molar-refractivity contribution in [2.45, 2.75) is 105 Å². The lowest BCUT2D eigenvalue weighted by Gasteiger charge is -2.43. The molecule has 1 saturated carbocycles. The average Bonchev–Trinajstić information content (AvgIpc) is 2.89. The minimum absolute atomic E-state index is 0.144. The molecule has 0 radical (unpaired) electrons. The molecule has 0 atom stereocenters. The van der Waals surface area contributed by atoms with E-state index < -0.39 is 5.66 Å². The molecule has 39 heavy (non-hydrogen) atoms. The average molecular weight is 537 g/mol. The molecular formula is C32H52N6O. The smallest absolute Gasteiger partial charge is 0.181 e. The summed E-state index contributed by atoms with van der Waals surface area (Å²) in [6.45, 7) is 13.9. The topological polar surface area (TPSA) is 118 Å². The van der Waals surface area contributed by atoms with E-state index in [1.54, 1.807) is 0 Å². The summed E-state index contributed by atoms with van der Waals surface area (Å²) in [7, 11) is 0. The second-order valence-electron chi connectivity index (χ2n) is 11.9. The summed E-state index contributed by atoms with van der Waals surface area (Å²) in [4.78, 5) is 18.8. The molecule has 1 aliphatic carbocycles. The van der Waals surface area contributed by atoms with E-state index in [0.29, 0.717) is 30.3 Å². The predicted molar refractivity (Wildman–Crippen MR) is 165 cm³/mol. The monoisotopic (exact) mass is 536 g/mol. The second kappa shape index (κ2) is 15.7. The molecule has 7 heteroatoms. The van der Waals surface area contributed by atoms with E-state index >= 15 is 0 Å². The van der Waals surface area contributed by atoms with Crippen molar-refractivity contribution >= 4 is 17.3 Å². The van der Waals surface area contributed by atoms with E-state index in [1.165, 1.54) is 0 Å². The number of unbranched alkanes of at least 4 members (excludes halogenated alkanes) is 1. The summed E-state index contributed by atoms with van der Waals surface area (Å²) in [5, 5.41) is 7.63. The number of nitrogens with one attached hydrogen (secondary N) is 2. The fourth-order valence-corrected chi connectivity index (χ4v) is 5.25. The van der Waals surface area contributed by atoms with E-state index in [-0.39, 0.29) is 11.2 Å². The van der Waals surface area contributed by atoms with Crippen molar-refractivity contribution in [3.05, 3.63) is 59.2 Å². The van der Waals surface area contributed by atoms with Crippen LogP contribution in [-0.4, -0.2) is 29.5 Å². The van der Waals surface area contributed by atoms with E-state index in [2.05, 4.69) is 74.9 Å². The van der Waals surface area contributed by atoms with Gasteiger partial charge in [0.15, 0.2) is 5.78 Å². The first-order chi connectivity index (χ1) is 18.5. The van der Waals surface area contributed by atoms with Crippen LogP contribution in [0.1, 0.15) is 104 Å². The molecular weight excluding hydrogens is 484 g/mol. The van der Waals surface area contributed by atoms with Crippen LogP contribution in [0.2, 0.25) is 0 Å². The number of Topliss-reactive ketones (excluding diaryl/α,β-unsaturated/α-hetero) is 1. The van der Waals surface area contributed by atoms with Gasteiger partial charge in [-0.05, 0) is 75.3 Å². The predicted octanol–water partition coefficient (Wildman–Crippen LogP) is 6.08. The van der Waals surface area contributed by atoms with Gasteiger partial charge >= 0.3 is 0 Å². The molecule has 0 amide bonds. The largest absolute Gasteiger partial charge is 0.385 e. The summed E-state index contributed by atoms with van der Waals surface area (Å²) in [5.74, 6) is 6.46. The van der Waals surface area contributed by atoms with Crippen LogP contribution in [0.3, 0.4) is 0 Å². The highest BCUT2D eigenvalue weighted by atomic mass is 16.1. The summed E-state index contributed by atoms with van der Waals surface area (Å²) in [6, 6.07) is 8.21. The Bertz CT molecular complexity index is 1040. The van der Waals surface area contributed by atoms with E-state index in [4.69, 9.17) is 16.6 Å². The van der Waals surface area contributed by atoms with Gasteiger partial charge < -0.3 is 5.73 Å². The van der Waals surface area contributed by atoms with Crippen molar-refractivity contribution in [1.82, 2.24) is 10.9 Å². The molecule has 0 heterocycles. The molecule has 2 rings (SSSR count). The fraction of sp³-hybridized carbons (Fsp3) is 0.594. The number of nitrogens with zero attached hydrogens (tertiary/aromatic N) is 2. The molecule has 0 spiro atoms. The quantitative estimate of drug-likeness (QED) is 0.0573. The van der Waals surface area contributed by atoms with Crippen LogP contribution >= 0.6 is 0 Å². The van der Waals surface area contributed by atoms with Gasteiger partial charge in [-0.1, -0.05) is 76.1 Å². The molecule has 0 saturated heterocycles. The zero-order chi connectivity index (χ0) is 28.9. The Morgan fingerprint density at radius 1 is 1.23 bits per heavy atom. The Balaban J connectivity index is 2.29. The Morgan fingerprint density at radius 2 is 1.95 bits per heavy atom. The molecule has 7 nitrogen and oxygen atoms in total. The molecule has 0 unspecified atom stereocenters. The van der Waals surface area contributed by atoms with Gasteiger partial charge in [-0.3, -0.25) is 15.1 Å². The Labute approximate surface area is 236 Å². The molecule has 1 aromatic rings. The highest BCUT2D eigenvalue weighted by Gasteiger charge is 2.39. The van der Waals surface area contributed by atoms with Crippen LogP contribution in [0.25, 0.3) is 0 Å². The van der Waals surface area contributed by atoms with Crippen LogP contribution in [0.5, 0.6) is 0 Å². The van der Waals surface area contributed by atoms with Gasteiger partial charge in [0, 0.05) is 24.9 Å². The number of amidine groups is 1. The van der Waals surface area contributed by atoms with Crippen LogP contribution in [0.4, 0.5) is 0 Å². The zero-order valence-corrected chi connectivity index (χ0v) is 25.1. The lowest BCUT2D eigenvalue weighted by Crippen LogP contribution is -2.49. The van der Waals surface area contributed by atoms with Crippen molar-refractivity contribution in [2.24, 2.45) is 33.0 Å². The highest BCUT2D eigenvalue weighted by Crippen LogP contribution is 2.42. The second-order valence-corrected chi connectivity index (χ2v) is 11.9. The zero-order valence-electron chi connectivity index (χ0n) is 25.1. The number of hydrogen-bond donors (Lipinski definition) is 4. The Morgan fingerprint density at radius 3 is 2.54 bits per heavy atom. The maximum Gasteiger partial charge on any atom is 0.181 e.